The number of carbonyl (C=O) groups excluding carboxylic acids is 2. The van der Waals surface area contributed by atoms with Gasteiger partial charge in [-0.2, -0.15) is 0 Å². The Hall–Kier alpha value is -2.56. The van der Waals surface area contributed by atoms with Crippen molar-refractivity contribution in [3.8, 4) is 11.1 Å². The molecule has 1 saturated heterocycles. The lowest BCUT2D eigenvalue weighted by Gasteiger charge is -2.18. The molecule has 0 radical (unpaired) electrons. The molecule has 108 valence electrons. The summed E-state index contributed by atoms with van der Waals surface area (Å²) in [6.07, 6.45) is 2.26. The van der Waals surface area contributed by atoms with Crippen LogP contribution in [0.25, 0.3) is 11.1 Å². The van der Waals surface area contributed by atoms with Crippen LogP contribution in [0.2, 0.25) is 0 Å². The lowest BCUT2D eigenvalue weighted by molar-refractivity contribution is -0.121. The average molecular weight is 284 g/mol. The van der Waals surface area contributed by atoms with Crippen molar-refractivity contribution in [2.24, 2.45) is 0 Å². The summed E-state index contributed by atoms with van der Waals surface area (Å²) in [6.45, 7) is 1.23. The van der Waals surface area contributed by atoms with Crippen molar-refractivity contribution in [2.45, 2.75) is 6.42 Å². The summed E-state index contributed by atoms with van der Waals surface area (Å²) < 4.78 is 5.39. The third-order valence-corrected chi connectivity index (χ3v) is 3.49. The van der Waals surface area contributed by atoms with Crippen molar-refractivity contribution in [1.82, 2.24) is 10.2 Å². The third kappa shape index (κ3) is 2.81. The van der Waals surface area contributed by atoms with Gasteiger partial charge in [-0.1, -0.05) is 30.3 Å². The predicted octanol–water partition coefficient (Wildman–Crippen LogP) is 1.91. The van der Waals surface area contributed by atoms with Gasteiger partial charge >= 0.3 is 0 Å². The SMILES string of the molecule is O=C1CN(C(=O)c2occc2-c2ccccc2)CCCN1. The molecule has 0 atom stereocenters. The van der Waals surface area contributed by atoms with Gasteiger partial charge in [0, 0.05) is 18.7 Å². The van der Waals surface area contributed by atoms with E-state index in [1.54, 1.807) is 6.07 Å². The minimum absolute atomic E-state index is 0.0771. The fourth-order valence-electron chi connectivity index (χ4n) is 2.44. The Morgan fingerprint density at radius 2 is 2.00 bits per heavy atom. The first-order valence-corrected chi connectivity index (χ1v) is 6.94. The van der Waals surface area contributed by atoms with Crippen molar-refractivity contribution < 1.29 is 14.0 Å². The molecule has 2 aromatic rings. The van der Waals surface area contributed by atoms with Crippen LogP contribution in [-0.2, 0) is 4.79 Å². The molecule has 1 fully saturated rings. The van der Waals surface area contributed by atoms with Crippen molar-refractivity contribution in [1.29, 1.82) is 0 Å². The first-order valence-electron chi connectivity index (χ1n) is 6.94. The van der Waals surface area contributed by atoms with E-state index in [1.165, 1.54) is 11.2 Å². The summed E-state index contributed by atoms with van der Waals surface area (Å²) in [4.78, 5) is 25.7. The van der Waals surface area contributed by atoms with Gasteiger partial charge in [-0.05, 0) is 18.1 Å². The molecular weight excluding hydrogens is 268 g/mol. The van der Waals surface area contributed by atoms with E-state index in [2.05, 4.69) is 5.32 Å². The molecule has 2 amide bonds. The maximum absolute atomic E-state index is 12.6. The maximum Gasteiger partial charge on any atom is 0.290 e. The van der Waals surface area contributed by atoms with Gasteiger partial charge < -0.3 is 14.6 Å². The fraction of sp³-hybridized carbons (Fsp3) is 0.250. The highest BCUT2D eigenvalue weighted by atomic mass is 16.3. The normalized spacial score (nSPS) is 15.4. The lowest BCUT2D eigenvalue weighted by atomic mass is 10.1. The summed E-state index contributed by atoms with van der Waals surface area (Å²) in [5.41, 5.74) is 1.68. The van der Waals surface area contributed by atoms with E-state index in [9.17, 15) is 9.59 Å². The second kappa shape index (κ2) is 5.83. The molecule has 1 aliphatic heterocycles. The monoisotopic (exact) mass is 284 g/mol. The highest BCUT2D eigenvalue weighted by molar-refractivity contribution is 5.99. The second-order valence-electron chi connectivity index (χ2n) is 4.96. The zero-order valence-corrected chi connectivity index (χ0v) is 11.5. The molecule has 3 rings (SSSR count). The Labute approximate surface area is 122 Å². The van der Waals surface area contributed by atoms with E-state index >= 15 is 0 Å². The second-order valence-corrected chi connectivity index (χ2v) is 4.96. The smallest absolute Gasteiger partial charge is 0.290 e. The van der Waals surface area contributed by atoms with E-state index in [0.29, 0.717) is 13.1 Å². The first kappa shape index (κ1) is 13.4. The minimum atomic E-state index is -0.240. The van der Waals surface area contributed by atoms with E-state index < -0.39 is 0 Å². The summed E-state index contributed by atoms with van der Waals surface area (Å²) >= 11 is 0. The van der Waals surface area contributed by atoms with Crippen molar-refractivity contribution >= 4 is 11.8 Å². The Morgan fingerprint density at radius 3 is 2.81 bits per heavy atom. The molecule has 1 aromatic heterocycles. The van der Waals surface area contributed by atoms with Gasteiger partial charge in [-0.15, -0.1) is 0 Å². The number of rotatable bonds is 2. The molecular formula is C16H16N2O3. The summed E-state index contributed by atoms with van der Waals surface area (Å²) in [5, 5.41) is 2.76. The number of hydrogen-bond donors (Lipinski definition) is 1. The van der Waals surface area contributed by atoms with Crippen molar-refractivity contribution in [3.63, 3.8) is 0 Å². The highest BCUT2D eigenvalue weighted by Gasteiger charge is 2.25. The molecule has 0 unspecified atom stereocenters. The number of amides is 2. The van der Waals surface area contributed by atoms with Crippen LogP contribution in [0.3, 0.4) is 0 Å². The minimum Gasteiger partial charge on any atom is -0.459 e. The topological polar surface area (TPSA) is 62.6 Å². The zero-order valence-electron chi connectivity index (χ0n) is 11.5. The third-order valence-electron chi connectivity index (χ3n) is 3.49. The maximum atomic E-state index is 12.6. The number of nitrogens with zero attached hydrogens (tertiary/aromatic N) is 1. The Bertz CT molecular complexity index is 649. The van der Waals surface area contributed by atoms with Crippen molar-refractivity contribution in [2.75, 3.05) is 19.6 Å². The predicted molar refractivity (Wildman–Crippen MR) is 77.7 cm³/mol. The van der Waals surface area contributed by atoms with Crippen LogP contribution in [0.15, 0.2) is 47.1 Å². The Balaban J connectivity index is 1.89. The number of furan rings is 1. The van der Waals surface area contributed by atoms with E-state index in [-0.39, 0.29) is 24.1 Å². The molecule has 0 bridgehead atoms. The van der Waals surface area contributed by atoms with Crippen LogP contribution in [0.5, 0.6) is 0 Å². The van der Waals surface area contributed by atoms with Gasteiger partial charge in [0.15, 0.2) is 5.76 Å². The summed E-state index contributed by atoms with van der Waals surface area (Å²) in [7, 11) is 0. The lowest BCUT2D eigenvalue weighted by Crippen LogP contribution is -2.37. The fourth-order valence-corrected chi connectivity index (χ4v) is 2.44. The van der Waals surface area contributed by atoms with Gasteiger partial charge in [-0.25, -0.2) is 0 Å². The van der Waals surface area contributed by atoms with Crippen LogP contribution in [-0.4, -0.2) is 36.3 Å². The highest BCUT2D eigenvalue weighted by Crippen LogP contribution is 2.26. The molecule has 2 heterocycles. The van der Waals surface area contributed by atoms with Crippen LogP contribution in [0.4, 0.5) is 0 Å². The van der Waals surface area contributed by atoms with Gasteiger partial charge in [0.05, 0.1) is 12.8 Å². The molecule has 1 N–H and O–H groups in total. The summed E-state index contributed by atoms with van der Waals surface area (Å²) in [5.74, 6) is -0.0829. The molecule has 1 aromatic carbocycles. The number of carbonyl (C=O) groups is 2. The number of benzene rings is 1. The average Bonchev–Trinajstić information content (AvgIpc) is 2.90. The van der Waals surface area contributed by atoms with Crippen LogP contribution < -0.4 is 5.32 Å². The Kier molecular flexibility index (Phi) is 3.73. The van der Waals surface area contributed by atoms with Gasteiger partial charge in [-0.3, -0.25) is 9.59 Å². The number of nitrogens with one attached hydrogen (secondary N) is 1. The number of hydrogen-bond acceptors (Lipinski definition) is 3. The molecule has 5 heteroatoms. The standard InChI is InChI=1S/C16H16N2O3/c19-14-11-18(9-4-8-17-14)16(20)15-13(7-10-21-15)12-5-2-1-3-6-12/h1-3,5-7,10H,4,8-9,11H2,(H,17,19). The quantitative estimate of drug-likeness (QED) is 0.916. The molecule has 0 saturated carbocycles. The van der Waals surface area contributed by atoms with E-state index in [0.717, 1.165) is 17.5 Å². The van der Waals surface area contributed by atoms with Gasteiger partial charge in [0.2, 0.25) is 5.91 Å². The molecule has 0 aliphatic carbocycles. The van der Waals surface area contributed by atoms with Gasteiger partial charge in [0.1, 0.15) is 0 Å². The van der Waals surface area contributed by atoms with E-state index in [1.807, 2.05) is 30.3 Å². The largest absolute Gasteiger partial charge is 0.459 e. The van der Waals surface area contributed by atoms with Crippen LogP contribution in [0, 0.1) is 0 Å². The Morgan fingerprint density at radius 1 is 1.19 bits per heavy atom. The first-order chi connectivity index (χ1) is 10.3. The molecule has 1 aliphatic rings. The van der Waals surface area contributed by atoms with Crippen LogP contribution in [0.1, 0.15) is 17.0 Å². The molecule has 5 nitrogen and oxygen atoms in total. The molecule has 21 heavy (non-hydrogen) atoms. The molecule has 0 spiro atoms. The van der Waals surface area contributed by atoms with E-state index in [4.69, 9.17) is 4.42 Å². The van der Waals surface area contributed by atoms with Gasteiger partial charge in [0.25, 0.3) is 5.91 Å². The summed E-state index contributed by atoms with van der Waals surface area (Å²) in [6, 6.07) is 11.4. The van der Waals surface area contributed by atoms with Crippen molar-refractivity contribution in [3.05, 3.63) is 48.4 Å². The zero-order chi connectivity index (χ0) is 14.7. The van der Waals surface area contributed by atoms with Crippen LogP contribution >= 0.6 is 0 Å².